The van der Waals surface area contributed by atoms with Gasteiger partial charge in [-0.15, -0.1) is 5.10 Å². The Kier molecular flexibility index (Phi) is 6.13. The maximum atomic E-state index is 12.2. The Hall–Kier alpha value is -2.16. The van der Waals surface area contributed by atoms with Crippen molar-refractivity contribution in [1.29, 1.82) is 0 Å². The number of hydrogen-bond donors (Lipinski definition) is 3. The van der Waals surface area contributed by atoms with Crippen molar-refractivity contribution in [2.45, 2.75) is 33.7 Å². The summed E-state index contributed by atoms with van der Waals surface area (Å²) in [4.78, 5) is 32.4. The average Bonchev–Trinajstić information content (AvgIpc) is 2.99. The number of imide groups is 1. The van der Waals surface area contributed by atoms with Crippen LogP contribution in [0, 0.1) is 12.8 Å². The van der Waals surface area contributed by atoms with Crippen LogP contribution in [0.5, 0.6) is 0 Å². The molecule has 1 aromatic heterocycles. The summed E-state index contributed by atoms with van der Waals surface area (Å²) in [6.07, 6.45) is 0. The number of aryl methyl sites for hydroxylation is 1. The van der Waals surface area contributed by atoms with Crippen LogP contribution in [0.3, 0.4) is 0 Å². The van der Waals surface area contributed by atoms with Crippen LogP contribution in [0.15, 0.2) is 0 Å². The number of amides is 3. The number of H-pyrrole nitrogens is 1. The standard InChI is InChI=1S/C15H27N7O2/c1-10(2)9-16-15(24)18-13(23)11(3)21-5-7-22(8-6-21)14-17-12(4)19-20-14/h10-11H,5-9H2,1-4H3,(H,17,19,20)(H2,16,18,23,24). The average molecular weight is 337 g/mol. The molecule has 1 unspecified atom stereocenters. The van der Waals surface area contributed by atoms with Gasteiger partial charge in [0.2, 0.25) is 11.9 Å². The van der Waals surface area contributed by atoms with Crippen LogP contribution in [-0.2, 0) is 4.79 Å². The van der Waals surface area contributed by atoms with Gasteiger partial charge in [-0.3, -0.25) is 20.1 Å². The number of rotatable bonds is 5. The summed E-state index contributed by atoms with van der Waals surface area (Å²) in [5.41, 5.74) is 0. The van der Waals surface area contributed by atoms with E-state index >= 15 is 0 Å². The van der Waals surface area contributed by atoms with Gasteiger partial charge in [-0.2, -0.15) is 4.98 Å². The fraction of sp³-hybridized carbons (Fsp3) is 0.733. The lowest BCUT2D eigenvalue weighted by atomic mass is 10.2. The third-order valence-corrected chi connectivity index (χ3v) is 4.02. The van der Waals surface area contributed by atoms with E-state index in [1.807, 2.05) is 27.7 Å². The van der Waals surface area contributed by atoms with Crippen molar-refractivity contribution < 1.29 is 9.59 Å². The quantitative estimate of drug-likeness (QED) is 0.704. The van der Waals surface area contributed by atoms with Crippen molar-refractivity contribution in [3.05, 3.63) is 5.82 Å². The van der Waals surface area contributed by atoms with Crippen molar-refractivity contribution in [2.24, 2.45) is 5.92 Å². The normalized spacial score (nSPS) is 17.0. The number of hydrogen-bond acceptors (Lipinski definition) is 6. The fourth-order valence-electron chi connectivity index (χ4n) is 2.50. The molecule has 1 saturated heterocycles. The molecule has 24 heavy (non-hydrogen) atoms. The van der Waals surface area contributed by atoms with Crippen molar-refractivity contribution in [1.82, 2.24) is 30.7 Å². The van der Waals surface area contributed by atoms with Crippen LogP contribution in [0.25, 0.3) is 0 Å². The zero-order valence-electron chi connectivity index (χ0n) is 14.8. The molecule has 0 aliphatic carbocycles. The van der Waals surface area contributed by atoms with Crippen LogP contribution in [0.2, 0.25) is 0 Å². The van der Waals surface area contributed by atoms with Gasteiger partial charge < -0.3 is 10.2 Å². The van der Waals surface area contributed by atoms with Crippen LogP contribution < -0.4 is 15.5 Å². The first-order chi connectivity index (χ1) is 11.4. The van der Waals surface area contributed by atoms with E-state index in [2.05, 4.69) is 35.6 Å². The molecule has 0 saturated carbocycles. The second-order valence-electron chi connectivity index (χ2n) is 6.51. The number of nitrogens with zero attached hydrogens (tertiary/aromatic N) is 4. The number of anilines is 1. The first-order valence-corrected chi connectivity index (χ1v) is 8.33. The molecule has 2 rings (SSSR count). The second-order valence-corrected chi connectivity index (χ2v) is 6.51. The Morgan fingerprint density at radius 3 is 2.42 bits per heavy atom. The molecule has 0 spiro atoms. The van der Waals surface area contributed by atoms with Crippen molar-refractivity contribution in [2.75, 3.05) is 37.6 Å². The number of carbonyl (C=O) groups is 2. The first-order valence-electron chi connectivity index (χ1n) is 8.33. The molecule has 134 valence electrons. The zero-order chi connectivity index (χ0) is 17.7. The molecule has 9 heteroatoms. The Balaban J connectivity index is 1.78. The molecule has 0 radical (unpaired) electrons. The predicted molar refractivity (Wildman–Crippen MR) is 90.7 cm³/mol. The van der Waals surface area contributed by atoms with Crippen LogP contribution in [0.4, 0.5) is 10.7 Å². The van der Waals surface area contributed by atoms with E-state index in [0.29, 0.717) is 18.4 Å². The molecular weight excluding hydrogens is 310 g/mol. The predicted octanol–water partition coefficient (Wildman–Crippen LogP) is 0.105. The number of nitrogens with one attached hydrogen (secondary N) is 3. The second kappa shape index (κ2) is 8.09. The molecule has 1 aliphatic heterocycles. The highest BCUT2D eigenvalue weighted by Gasteiger charge is 2.27. The van der Waals surface area contributed by atoms with Gasteiger partial charge in [0.25, 0.3) is 0 Å². The van der Waals surface area contributed by atoms with Gasteiger partial charge in [-0.05, 0) is 19.8 Å². The number of aromatic amines is 1. The minimum atomic E-state index is -0.435. The van der Waals surface area contributed by atoms with Gasteiger partial charge in [0.05, 0.1) is 6.04 Å². The van der Waals surface area contributed by atoms with Crippen molar-refractivity contribution >= 4 is 17.9 Å². The fourth-order valence-corrected chi connectivity index (χ4v) is 2.50. The highest BCUT2D eigenvalue weighted by Crippen LogP contribution is 2.12. The lowest BCUT2D eigenvalue weighted by Gasteiger charge is -2.36. The third-order valence-electron chi connectivity index (χ3n) is 4.02. The van der Waals surface area contributed by atoms with Gasteiger partial charge in [0, 0.05) is 32.7 Å². The molecule has 1 fully saturated rings. The largest absolute Gasteiger partial charge is 0.338 e. The molecule has 0 bridgehead atoms. The van der Waals surface area contributed by atoms with Gasteiger partial charge in [0.15, 0.2) is 0 Å². The molecule has 1 atom stereocenters. The summed E-state index contributed by atoms with van der Waals surface area (Å²) >= 11 is 0. The zero-order valence-corrected chi connectivity index (χ0v) is 14.8. The molecular formula is C15H27N7O2. The lowest BCUT2D eigenvalue weighted by Crippen LogP contribution is -2.55. The maximum absolute atomic E-state index is 12.2. The van der Waals surface area contributed by atoms with Crippen molar-refractivity contribution in [3.63, 3.8) is 0 Å². The Morgan fingerprint density at radius 2 is 1.88 bits per heavy atom. The number of aromatic nitrogens is 3. The summed E-state index contributed by atoms with van der Waals surface area (Å²) in [6, 6.07) is -0.791. The molecule has 1 aromatic rings. The van der Waals surface area contributed by atoms with Gasteiger partial charge >= 0.3 is 6.03 Å². The molecule has 3 N–H and O–H groups in total. The third kappa shape index (κ3) is 4.92. The topological polar surface area (TPSA) is 106 Å². The minimum absolute atomic E-state index is 0.279. The van der Waals surface area contributed by atoms with E-state index in [1.54, 1.807) is 0 Å². The van der Waals surface area contributed by atoms with E-state index in [0.717, 1.165) is 32.0 Å². The van der Waals surface area contributed by atoms with E-state index in [4.69, 9.17) is 0 Å². The molecule has 1 aliphatic rings. The first kappa shape index (κ1) is 18.2. The van der Waals surface area contributed by atoms with Crippen LogP contribution >= 0.6 is 0 Å². The highest BCUT2D eigenvalue weighted by atomic mass is 16.2. The summed E-state index contributed by atoms with van der Waals surface area (Å²) < 4.78 is 0. The van der Waals surface area contributed by atoms with Crippen LogP contribution in [0.1, 0.15) is 26.6 Å². The summed E-state index contributed by atoms with van der Waals surface area (Å²) in [5, 5.41) is 12.1. The maximum Gasteiger partial charge on any atom is 0.321 e. The van der Waals surface area contributed by atoms with E-state index in [1.165, 1.54) is 0 Å². The number of carbonyl (C=O) groups excluding carboxylic acids is 2. The Labute approximate surface area is 142 Å². The molecule has 0 aromatic carbocycles. The Morgan fingerprint density at radius 1 is 1.21 bits per heavy atom. The monoisotopic (exact) mass is 337 g/mol. The number of piperazine rings is 1. The van der Waals surface area contributed by atoms with Gasteiger partial charge in [-0.1, -0.05) is 13.8 Å². The van der Waals surface area contributed by atoms with E-state index in [-0.39, 0.29) is 11.9 Å². The molecule has 9 nitrogen and oxygen atoms in total. The van der Waals surface area contributed by atoms with Crippen LogP contribution in [-0.4, -0.2) is 70.8 Å². The lowest BCUT2D eigenvalue weighted by molar-refractivity contribution is -0.124. The summed E-state index contributed by atoms with van der Waals surface area (Å²) in [7, 11) is 0. The highest BCUT2D eigenvalue weighted by molar-refractivity contribution is 5.96. The van der Waals surface area contributed by atoms with Crippen molar-refractivity contribution in [3.8, 4) is 0 Å². The SMILES string of the molecule is Cc1nc(N2CCN(C(C)C(=O)NC(=O)NCC(C)C)CC2)n[nH]1. The summed E-state index contributed by atoms with van der Waals surface area (Å²) in [6.45, 7) is 11.2. The minimum Gasteiger partial charge on any atom is -0.338 e. The molecule has 2 heterocycles. The smallest absolute Gasteiger partial charge is 0.321 e. The van der Waals surface area contributed by atoms with Gasteiger partial charge in [0.1, 0.15) is 5.82 Å². The number of urea groups is 1. The van der Waals surface area contributed by atoms with Gasteiger partial charge in [-0.25, -0.2) is 4.79 Å². The molecule has 3 amide bonds. The van der Waals surface area contributed by atoms with E-state index in [9.17, 15) is 9.59 Å². The summed E-state index contributed by atoms with van der Waals surface area (Å²) in [5.74, 6) is 1.54. The van der Waals surface area contributed by atoms with E-state index < -0.39 is 6.03 Å². The Bertz CT molecular complexity index is 564.